The third-order valence-corrected chi connectivity index (χ3v) is 4.38. The second-order valence-electron chi connectivity index (χ2n) is 6.48. The Labute approximate surface area is 176 Å². The van der Waals surface area contributed by atoms with Crippen LogP contribution in [0.15, 0.2) is 60.7 Å². The maximum atomic E-state index is 6.27. The summed E-state index contributed by atoms with van der Waals surface area (Å²) < 4.78 is 10.8. The number of hydrogen-bond acceptors (Lipinski definition) is 4. The van der Waals surface area contributed by atoms with Gasteiger partial charge in [0.2, 0.25) is 0 Å². The van der Waals surface area contributed by atoms with Crippen LogP contribution in [0.5, 0.6) is 11.5 Å². The van der Waals surface area contributed by atoms with E-state index in [1.807, 2.05) is 60.7 Å². The van der Waals surface area contributed by atoms with E-state index < -0.39 is 0 Å². The highest BCUT2D eigenvalue weighted by atomic mass is 16.5. The Morgan fingerprint density at radius 3 is 1.33 bits per heavy atom. The van der Waals surface area contributed by atoms with Crippen molar-refractivity contribution in [1.29, 1.82) is 0 Å². The molecule has 0 bridgehead atoms. The minimum Gasteiger partial charge on any atom is -0.481 e. The lowest BCUT2D eigenvalue weighted by Gasteiger charge is -2.05. The van der Waals surface area contributed by atoms with Gasteiger partial charge in [-0.05, 0) is 59.7 Å². The molecule has 0 aliphatic rings. The van der Waals surface area contributed by atoms with E-state index in [-0.39, 0.29) is 13.2 Å². The second kappa shape index (κ2) is 9.78. The molecule has 4 N–H and O–H groups in total. The monoisotopic (exact) mass is 394 g/mol. The Morgan fingerprint density at radius 2 is 1.00 bits per heavy atom. The van der Waals surface area contributed by atoms with Crippen molar-refractivity contribution in [1.82, 2.24) is 0 Å². The number of hydrogen-bond donors (Lipinski definition) is 2. The van der Waals surface area contributed by atoms with Gasteiger partial charge < -0.3 is 20.9 Å². The summed E-state index contributed by atoms with van der Waals surface area (Å²) in [5, 5.41) is 1.69. The van der Waals surface area contributed by atoms with Crippen LogP contribution in [0, 0.1) is 24.7 Å². The van der Waals surface area contributed by atoms with Gasteiger partial charge in [0.05, 0.1) is 0 Å². The lowest BCUT2D eigenvalue weighted by atomic mass is 10.1. The lowest BCUT2D eigenvalue weighted by Crippen LogP contribution is -2.30. The summed E-state index contributed by atoms with van der Waals surface area (Å²) in [5.74, 6) is 6.32. The highest BCUT2D eigenvalue weighted by Gasteiger charge is 2.01. The van der Waals surface area contributed by atoms with E-state index in [9.17, 15) is 0 Å². The second-order valence-corrected chi connectivity index (χ2v) is 6.48. The summed E-state index contributed by atoms with van der Waals surface area (Å²) in [4.78, 5) is 0. The fraction of sp³-hybridized carbons (Fsp3) is 0.0769. The lowest BCUT2D eigenvalue weighted by molar-refractivity contribution is 0.370. The first-order valence-electron chi connectivity index (χ1n) is 9.31. The van der Waals surface area contributed by atoms with Gasteiger partial charge in [0.15, 0.2) is 0 Å². The van der Waals surface area contributed by atoms with Crippen LogP contribution in [0.4, 0.5) is 11.4 Å². The zero-order valence-corrected chi connectivity index (χ0v) is 16.5. The molecule has 30 heavy (non-hydrogen) atoms. The van der Waals surface area contributed by atoms with Crippen LogP contribution >= 0.6 is 0 Å². The molecule has 0 amide bonds. The van der Waals surface area contributed by atoms with Crippen LogP contribution in [0.1, 0.15) is 11.1 Å². The molecule has 0 saturated carbocycles. The van der Waals surface area contributed by atoms with Crippen LogP contribution < -0.4 is 31.4 Å². The van der Waals surface area contributed by atoms with E-state index in [0.29, 0.717) is 22.9 Å². The minimum absolute atomic E-state index is 0.233. The van der Waals surface area contributed by atoms with Crippen molar-refractivity contribution < 1.29 is 9.47 Å². The number of benzene rings is 3. The van der Waals surface area contributed by atoms with Crippen molar-refractivity contribution in [2.75, 3.05) is 24.7 Å². The molecule has 3 rings (SSSR count). The Balaban J connectivity index is 2.01. The van der Waals surface area contributed by atoms with E-state index >= 15 is 0 Å². The molecule has 0 radical (unpaired) electrons. The number of rotatable bonds is 6. The number of nitrogen functional groups attached to an aromatic ring is 2. The Bertz CT molecular complexity index is 1110. The standard InChI is InChI=1S/C26H22N2O2/c1-3-15-29-21-9-5-19(6-10-21)17-23-24(26(28)14-13-25(23)27)18-20-7-11-22(12-8-20)30-16-4-2/h1-2,5-14,17-18H,15-16,27-28H2. The molecule has 3 aromatic carbocycles. The smallest absolute Gasteiger partial charge is 0.148 e. The zero-order chi connectivity index (χ0) is 21.3. The fourth-order valence-corrected chi connectivity index (χ4v) is 2.90. The molecule has 0 atom stereocenters. The van der Waals surface area contributed by atoms with Gasteiger partial charge in [-0.15, -0.1) is 12.8 Å². The normalized spacial score (nSPS) is 11.5. The van der Waals surface area contributed by atoms with E-state index in [1.165, 1.54) is 0 Å². The average molecular weight is 394 g/mol. The third kappa shape index (κ3) is 5.16. The molecule has 0 saturated heterocycles. The van der Waals surface area contributed by atoms with Gasteiger partial charge in [-0.1, -0.05) is 36.1 Å². The molecular weight excluding hydrogens is 372 g/mol. The maximum Gasteiger partial charge on any atom is 0.148 e. The van der Waals surface area contributed by atoms with Crippen LogP contribution in [0.25, 0.3) is 12.2 Å². The first kappa shape index (κ1) is 20.5. The largest absolute Gasteiger partial charge is 0.481 e. The molecule has 4 heteroatoms. The van der Waals surface area contributed by atoms with Crippen LogP contribution in [0.2, 0.25) is 0 Å². The zero-order valence-electron chi connectivity index (χ0n) is 16.5. The first-order chi connectivity index (χ1) is 14.6. The van der Waals surface area contributed by atoms with Crippen LogP contribution in [-0.2, 0) is 0 Å². The Morgan fingerprint density at radius 1 is 0.633 bits per heavy atom. The van der Waals surface area contributed by atoms with Gasteiger partial charge in [-0.25, -0.2) is 0 Å². The van der Waals surface area contributed by atoms with E-state index in [1.54, 1.807) is 12.1 Å². The van der Waals surface area contributed by atoms with Crippen molar-refractivity contribution >= 4 is 23.5 Å². The average Bonchev–Trinajstić information content (AvgIpc) is 2.77. The van der Waals surface area contributed by atoms with Gasteiger partial charge in [-0.2, -0.15) is 0 Å². The predicted molar refractivity (Wildman–Crippen MR) is 123 cm³/mol. The topological polar surface area (TPSA) is 70.5 Å². The summed E-state index contributed by atoms with van der Waals surface area (Å²) in [5.41, 5.74) is 15.8. The summed E-state index contributed by atoms with van der Waals surface area (Å²) in [6, 6.07) is 18.8. The minimum atomic E-state index is 0.233. The van der Waals surface area contributed by atoms with Gasteiger partial charge in [-0.3, -0.25) is 0 Å². The maximum absolute atomic E-state index is 6.27. The Hall–Kier alpha value is -4.28. The molecule has 3 aromatic rings. The van der Waals surface area contributed by atoms with E-state index in [0.717, 1.165) is 21.6 Å². The van der Waals surface area contributed by atoms with Gasteiger partial charge >= 0.3 is 0 Å². The summed E-state index contributed by atoms with van der Waals surface area (Å²) in [6.45, 7) is 0.466. The molecule has 4 nitrogen and oxygen atoms in total. The molecule has 148 valence electrons. The molecule has 0 aromatic heterocycles. The highest BCUT2D eigenvalue weighted by Crippen LogP contribution is 2.14. The summed E-state index contributed by atoms with van der Waals surface area (Å²) >= 11 is 0. The van der Waals surface area contributed by atoms with Crippen molar-refractivity contribution in [2.24, 2.45) is 0 Å². The number of nitrogens with two attached hydrogens (primary N) is 2. The first-order valence-corrected chi connectivity index (χ1v) is 9.31. The summed E-state index contributed by atoms with van der Waals surface area (Å²) in [7, 11) is 0. The molecule has 0 aliphatic carbocycles. The molecule has 0 unspecified atom stereocenters. The van der Waals surface area contributed by atoms with E-state index in [2.05, 4.69) is 11.8 Å². The van der Waals surface area contributed by atoms with Crippen LogP contribution in [-0.4, -0.2) is 13.2 Å². The third-order valence-electron chi connectivity index (χ3n) is 4.38. The molecule has 0 heterocycles. The van der Waals surface area contributed by atoms with Gasteiger partial charge in [0, 0.05) is 21.8 Å². The van der Waals surface area contributed by atoms with Crippen molar-refractivity contribution in [3.63, 3.8) is 0 Å². The highest BCUT2D eigenvalue weighted by molar-refractivity contribution is 5.65. The van der Waals surface area contributed by atoms with Gasteiger partial charge in [0.25, 0.3) is 0 Å². The molecular formula is C26H22N2O2. The van der Waals surface area contributed by atoms with Gasteiger partial charge in [0.1, 0.15) is 24.7 Å². The molecule has 0 aliphatic heterocycles. The quantitative estimate of drug-likeness (QED) is 0.498. The van der Waals surface area contributed by atoms with Crippen LogP contribution in [0.3, 0.4) is 0 Å². The number of anilines is 2. The molecule has 0 spiro atoms. The Kier molecular flexibility index (Phi) is 6.66. The number of ether oxygens (including phenoxy) is 2. The summed E-state index contributed by atoms with van der Waals surface area (Å²) in [6.07, 6.45) is 14.4. The molecule has 0 fully saturated rings. The fourth-order valence-electron chi connectivity index (χ4n) is 2.90. The van der Waals surface area contributed by atoms with Crippen molar-refractivity contribution in [3.05, 3.63) is 82.2 Å². The van der Waals surface area contributed by atoms with Crippen molar-refractivity contribution in [3.8, 4) is 36.2 Å². The predicted octanol–water partition coefficient (Wildman–Crippen LogP) is 2.53. The van der Waals surface area contributed by atoms with Crippen molar-refractivity contribution in [2.45, 2.75) is 0 Å². The SMILES string of the molecule is C#CCOc1ccc(C=c2c(N)ccc(N)c2=Cc2ccc(OCC#C)cc2)cc1. The number of terminal acetylenes is 2. The van der Waals surface area contributed by atoms with E-state index in [4.69, 9.17) is 33.8 Å².